The van der Waals surface area contributed by atoms with Gasteiger partial charge in [0.2, 0.25) is 0 Å². The number of guanidine groups is 1. The van der Waals surface area contributed by atoms with Gasteiger partial charge >= 0.3 is 0 Å². The lowest BCUT2D eigenvalue weighted by Crippen LogP contribution is -2.53. The zero-order valence-corrected chi connectivity index (χ0v) is 18.7. The molecule has 152 valence electrons. The van der Waals surface area contributed by atoms with Gasteiger partial charge in [0.25, 0.3) is 0 Å². The van der Waals surface area contributed by atoms with E-state index in [2.05, 4.69) is 30.1 Å². The van der Waals surface area contributed by atoms with E-state index in [1.807, 2.05) is 18.2 Å². The number of nitrogens with one attached hydrogen (secondary N) is 1. The topological polar surface area (TPSA) is 55.3 Å². The number of morpholine rings is 1. The van der Waals surface area contributed by atoms with E-state index >= 15 is 0 Å². The molecule has 0 amide bonds. The van der Waals surface area contributed by atoms with Crippen LogP contribution in [-0.4, -0.2) is 69.1 Å². The summed E-state index contributed by atoms with van der Waals surface area (Å²) in [5, 5.41) is 3.40. The van der Waals surface area contributed by atoms with Crippen LogP contribution in [0.2, 0.25) is 0 Å². The Morgan fingerprint density at radius 2 is 2.07 bits per heavy atom. The molecule has 7 heteroatoms. The van der Waals surface area contributed by atoms with E-state index in [-0.39, 0.29) is 36.2 Å². The lowest BCUT2D eigenvalue weighted by atomic mass is 10.1. The number of aryl methyl sites for hydroxylation is 1. The Kier molecular flexibility index (Phi) is 9.64. The summed E-state index contributed by atoms with van der Waals surface area (Å²) in [5.41, 5.74) is 1.15. The number of benzene rings is 1. The summed E-state index contributed by atoms with van der Waals surface area (Å²) in [5.74, 6) is 1.87. The van der Waals surface area contributed by atoms with Gasteiger partial charge < -0.3 is 24.4 Å². The molecule has 2 fully saturated rings. The van der Waals surface area contributed by atoms with Crippen LogP contribution in [0.25, 0.3) is 0 Å². The Morgan fingerprint density at radius 1 is 1.26 bits per heavy atom. The zero-order valence-electron chi connectivity index (χ0n) is 16.4. The Hall–Kier alpha value is -1.06. The van der Waals surface area contributed by atoms with E-state index in [4.69, 9.17) is 19.2 Å². The smallest absolute Gasteiger partial charge is 0.194 e. The van der Waals surface area contributed by atoms with E-state index in [0.29, 0.717) is 19.8 Å². The Bertz CT molecular complexity index is 594. The average molecular weight is 489 g/mol. The van der Waals surface area contributed by atoms with Crippen molar-refractivity contribution in [2.24, 2.45) is 4.99 Å². The van der Waals surface area contributed by atoms with Crippen LogP contribution in [-0.2, 0) is 9.47 Å². The minimum atomic E-state index is 0. The molecule has 2 unspecified atom stereocenters. The molecular formula is C20H32IN3O3. The molecule has 0 radical (unpaired) electrons. The van der Waals surface area contributed by atoms with E-state index in [9.17, 15) is 0 Å². The second kappa shape index (κ2) is 11.7. The van der Waals surface area contributed by atoms with Crippen molar-refractivity contribution in [2.75, 3.05) is 46.0 Å². The molecule has 2 saturated heterocycles. The van der Waals surface area contributed by atoms with Crippen LogP contribution in [0.15, 0.2) is 29.3 Å². The first-order chi connectivity index (χ1) is 12.8. The number of nitrogens with zero attached hydrogens (tertiary/aromatic N) is 2. The molecular weight excluding hydrogens is 457 g/mol. The van der Waals surface area contributed by atoms with E-state index in [1.54, 1.807) is 0 Å². The summed E-state index contributed by atoms with van der Waals surface area (Å²) < 4.78 is 17.6. The van der Waals surface area contributed by atoms with Crippen LogP contribution in [0.1, 0.15) is 25.3 Å². The molecule has 2 aliphatic heterocycles. The minimum absolute atomic E-state index is 0. The van der Waals surface area contributed by atoms with Gasteiger partial charge in [0.1, 0.15) is 18.5 Å². The van der Waals surface area contributed by atoms with Gasteiger partial charge in [-0.05, 0) is 38.3 Å². The summed E-state index contributed by atoms with van der Waals surface area (Å²) in [4.78, 5) is 7.04. The molecule has 0 bridgehead atoms. The van der Waals surface area contributed by atoms with Crippen LogP contribution in [0.5, 0.6) is 5.75 Å². The van der Waals surface area contributed by atoms with Gasteiger partial charge in [-0.15, -0.1) is 24.0 Å². The van der Waals surface area contributed by atoms with Crippen molar-refractivity contribution in [3.05, 3.63) is 29.8 Å². The van der Waals surface area contributed by atoms with Gasteiger partial charge in [-0.1, -0.05) is 18.2 Å². The van der Waals surface area contributed by atoms with Crippen molar-refractivity contribution < 1.29 is 14.2 Å². The molecule has 0 aliphatic carbocycles. The van der Waals surface area contributed by atoms with Crippen molar-refractivity contribution in [3.63, 3.8) is 0 Å². The third-order valence-electron chi connectivity index (χ3n) is 4.81. The van der Waals surface area contributed by atoms with Gasteiger partial charge in [0.05, 0.1) is 19.3 Å². The Balaban J connectivity index is 0.00000261. The van der Waals surface area contributed by atoms with Crippen molar-refractivity contribution >= 4 is 29.9 Å². The lowest BCUT2D eigenvalue weighted by molar-refractivity contribution is -0.0817. The molecule has 0 saturated carbocycles. The van der Waals surface area contributed by atoms with Crippen LogP contribution >= 0.6 is 24.0 Å². The van der Waals surface area contributed by atoms with E-state index in [0.717, 1.165) is 56.4 Å². The van der Waals surface area contributed by atoms with Gasteiger partial charge in [0, 0.05) is 26.2 Å². The van der Waals surface area contributed by atoms with Gasteiger partial charge in [-0.3, -0.25) is 0 Å². The monoisotopic (exact) mass is 489 g/mol. The molecule has 27 heavy (non-hydrogen) atoms. The zero-order chi connectivity index (χ0) is 18.2. The third kappa shape index (κ3) is 6.50. The minimum Gasteiger partial charge on any atom is -0.491 e. The SMILES string of the molecule is CCNC(=NCCOc1ccccc1C)N1CCOC(C2CCCO2)C1.I. The van der Waals surface area contributed by atoms with Crippen LogP contribution in [0.3, 0.4) is 0 Å². The number of halogens is 1. The largest absolute Gasteiger partial charge is 0.491 e. The highest BCUT2D eigenvalue weighted by Crippen LogP contribution is 2.21. The second-order valence-corrected chi connectivity index (χ2v) is 6.76. The number of hydrogen-bond acceptors (Lipinski definition) is 4. The molecule has 1 aromatic carbocycles. The van der Waals surface area contributed by atoms with Crippen molar-refractivity contribution in [1.29, 1.82) is 0 Å². The van der Waals surface area contributed by atoms with Crippen molar-refractivity contribution in [3.8, 4) is 5.75 Å². The van der Waals surface area contributed by atoms with Crippen LogP contribution in [0.4, 0.5) is 0 Å². The molecule has 2 aliphatic rings. The first kappa shape index (κ1) is 22.2. The fraction of sp³-hybridized carbons (Fsp3) is 0.650. The van der Waals surface area contributed by atoms with Gasteiger partial charge in [-0.25, -0.2) is 4.99 Å². The van der Waals surface area contributed by atoms with Crippen LogP contribution in [0, 0.1) is 6.92 Å². The lowest BCUT2D eigenvalue weighted by Gasteiger charge is -2.37. The Labute approximate surface area is 179 Å². The summed E-state index contributed by atoms with van der Waals surface area (Å²) in [7, 11) is 0. The van der Waals surface area contributed by atoms with Gasteiger partial charge in [-0.2, -0.15) is 0 Å². The number of ether oxygens (including phenoxy) is 3. The molecule has 6 nitrogen and oxygen atoms in total. The summed E-state index contributed by atoms with van der Waals surface area (Å²) >= 11 is 0. The van der Waals surface area contributed by atoms with Crippen molar-refractivity contribution in [2.45, 2.75) is 38.9 Å². The molecule has 1 aromatic rings. The van der Waals surface area contributed by atoms with Crippen LogP contribution < -0.4 is 10.1 Å². The maximum absolute atomic E-state index is 5.94. The second-order valence-electron chi connectivity index (χ2n) is 6.76. The third-order valence-corrected chi connectivity index (χ3v) is 4.81. The predicted molar refractivity (Wildman–Crippen MR) is 118 cm³/mol. The quantitative estimate of drug-likeness (QED) is 0.288. The van der Waals surface area contributed by atoms with E-state index in [1.165, 1.54) is 0 Å². The molecule has 2 heterocycles. The Morgan fingerprint density at radius 3 is 2.81 bits per heavy atom. The predicted octanol–water partition coefficient (Wildman–Crippen LogP) is 2.84. The molecule has 2 atom stereocenters. The molecule has 1 N–H and O–H groups in total. The number of aliphatic imine (C=N–C) groups is 1. The summed E-state index contributed by atoms with van der Waals surface area (Å²) in [6.07, 6.45) is 2.59. The van der Waals surface area contributed by atoms with Gasteiger partial charge in [0.15, 0.2) is 5.96 Å². The highest BCUT2D eigenvalue weighted by atomic mass is 127. The average Bonchev–Trinajstić information content (AvgIpc) is 3.20. The number of para-hydroxylation sites is 1. The highest BCUT2D eigenvalue weighted by Gasteiger charge is 2.32. The molecule has 0 aromatic heterocycles. The van der Waals surface area contributed by atoms with Crippen molar-refractivity contribution in [1.82, 2.24) is 10.2 Å². The highest BCUT2D eigenvalue weighted by molar-refractivity contribution is 14.0. The molecule has 3 rings (SSSR count). The summed E-state index contributed by atoms with van der Waals surface area (Å²) in [6, 6.07) is 8.07. The fourth-order valence-electron chi connectivity index (χ4n) is 3.44. The first-order valence-corrected chi connectivity index (χ1v) is 9.73. The number of hydrogen-bond donors (Lipinski definition) is 1. The first-order valence-electron chi connectivity index (χ1n) is 9.73. The normalized spacial score (nSPS) is 23.0. The molecule has 0 spiro atoms. The fourth-order valence-corrected chi connectivity index (χ4v) is 3.44. The summed E-state index contributed by atoms with van der Waals surface area (Å²) in [6.45, 7) is 9.45. The number of rotatable bonds is 6. The van der Waals surface area contributed by atoms with E-state index < -0.39 is 0 Å². The maximum Gasteiger partial charge on any atom is 0.194 e. The standard InChI is InChI=1S/C20H31N3O3.HI/c1-3-21-20(22-10-13-25-17-8-5-4-7-16(17)2)23-11-14-26-19(15-23)18-9-6-12-24-18;/h4-5,7-8,18-19H,3,6,9-15H2,1-2H3,(H,21,22);1H. The maximum atomic E-state index is 5.94.